The van der Waals surface area contributed by atoms with Crippen LogP contribution in [-0.4, -0.2) is 23.0 Å². The normalized spacial score (nSPS) is 15.9. The minimum absolute atomic E-state index is 0.0178. The van der Waals surface area contributed by atoms with Crippen LogP contribution < -0.4 is 10.9 Å². The largest absolute Gasteiger partial charge is 0.325 e. The number of alkyl halides is 1. The van der Waals surface area contributed by atoms with Crippen LogP contribution >= 0.6 is 0 Å². The maximum atomic E-state index is 13.0. The van der Waals surface area contributed by atoms with Gasteiger partial charge in [0, 0.05) is 5.69 Å². The zero-order chi connectivity index (χ0) is 14.0. The summed E-state index contributed by atoms with van der Waals surface area (Å²) in [4.78, 5) is 37.2. The Balaban J connectivity index is 2.11. The van der Waals surface area contributed by atoms with Crippen molar-refractivity contribution in [2.24, 2.45) is 0 Å². The van der Waals surface area contributed by atoms with Crippen LogP contribution in [0.25, 0.3) is 0 Å². The molecule has 2 N–H and O–H groups in total. The predicted molar refractivity (Wildman–Crippen MR) is 66.7 cm³/mol. The first-order valence-corrected chi connectivity index (χ1v) is 6.25. The quantitative estimate of drug-likeness (QED) is 0.861. The van der Waals surface area contributed by atoms with E-state index in [0.717, 1.165) is 18.5 Å². The van der Waals surface area contributed by atoms with Gasteiger partial charge in [-0.25, -0.2) is 4.39 Å². The summed E-state index contributed by atoms with van der Waals surface area (Å²) in [5.41, 5.74) is 0.0625. The first-order valence-electron chi connectivity index (χ1n) is 6.25. The van der Waals surface area contributed by atoms with Crippen LogP contribution in [0.1, 0.15) is 48.2 Å². The zero-order valence-electron chi connectivity index (χ0n) is 10.5. The lowest BCUT2D eigenvalue weighted by atomic mass is 10.2. The number of pyridine rings is 1. The third-order valence-corrected chi connectivity index (χ3v) is 3.07. The van der Waals surface area contributed by atoms with Crippen LogP contribution in [0.15, 0.2) is 16.9 Å². The highest BCUT2D eigenvalue weighted by Crippen LogP contribution is 2.38. The van der Waals surface area contributed by atoms with Crippen molar-refractivity contribution in [1.82, 2.24) is 10.3 Å². The smallest absolute Gasteiger partial charge is 0.263 e. The van der Waals surface area contributed by atoms with Crippen molar-refractivity contribution >= 4 is 11.8 Å². The van der Waals surface area contributed by atoms with E-state index >= 15 is 0 Å². The van der Waals surface area contributed by atoms with Gasteiger partial charge in [0.25, 0.3) is 17.4 Å². The van der Waals surface area contributed by atoms with Crippen molar-refractivity contribution < 1.29 is 14.0 Å². The second-order valence-corrected chi connectivity index (χ2v) is 4.62. The van der Waals surface area contributed by atoms with E-state index in [0.29, 0.717) is 5.92 Å². The molecule has 19 heavy (non-hydrogen) atoms. The lowest BCUT2D eigenvalue weighted by Gasteiger charge is -2.06. The molecule has 2 amide bonds. The second-order valence-electron chi connectivity index (χ2n) is 4.62. The Morgan fingerprint density at radius 1 is 1.47 bits per heavy atom. The van der Waals surface area contributed by atoms with Gasteiger partial charge >= 0.3 is 0 Å². The highest BCUT2D eigenvalue weighted by Gasteiger charge is 2.26. The molecule has 1 fully saturated rings. The molecule has 1 atom stereocenters. The maximum Gasteiger partial charge on any atom is 0.263 e. The standard InChI is InChI=1S/C13H15FN2O3/c1-2-9(14)13(19)16-12(18)8-5-6-10(7-3-4-7)15-11(8)17/h5-7,9H,2-4H2,1H3,(H,15,17)(H,16,18,19)/t9-/m0/s1. The van der Waals surface area contributed by atoms with Crippen LogP contribution in [0.5, 0.6) is 0 Å². The first kappa shape index (κ1) is 13.5. The van der Waals surface area contributed by atoms with Crippen molar-refractivity contribution in [3.05, 3.63) is 33.7 Å². The predicted octanol–water partition coefficient (Wildman–Crippen LogP) is 1.26. The molecule has 0 bridgehead atoms. The molecule has 1 heterocycles. The van der Waals surface area contributed by atoms with Gasteiger partial charge in [0.15, 0.2) is 6.17 Å². The van der Waals surface area contributed by atoms with Crippen molar-refractivity contribution in [1.29, 1.82) is 0 Å². The molecule has 0 unspecified atom stereocenters. The van der Waals surface area contributed by atoms with Crippen molar-refractivity contribution in [3.63, 3.8) is 0 Å². The summed E-state index contributed by atoms with van der Waals surface area (Å²) in [7, 11) is 0. The fourth-order valence-electron chi connectivity index (χ4n) is 1.74. The van der Waals surface area contributed by atoms with Gasteiger partial charge in [-0.15, -0.1) is 0 Å². The van der Waals surface area contributed by atoms with Crippen LogP contribution in [0.2, 0.25) is 0 Å². The molecule has 1 aromatic heterocycles. The Labute approximate surface area is 109 Å². The second kappa shape index (κ2) is 5.34. The molecular formula is C13H15FN2O3. The minimum atomic E-state index is -1.74. The number of hydrogen-bond donors (Lipinski definition) is 2. The molecule has 0 spiro atoms. The summed E-state index contributed by atoms with van der Waals surface area (Å²) in [6.07, 6.45) is 0.296. The third kappa shape index (κ3) is 3.07. The number of aromatic nitrogens is 1. The lowest BCUT2D eigenvalue weighted by Crippen LogP contribution is -2.39. The van der Waals surface area contributed by atoms with E-state index in [2.05, 4.69) is 4.98 Å². The van der Waals surface area contributed by atoms with Crippen LogP contribution in [0.3, 0.4) is 0 Å². The Hall–Kier alpha value is -1.98. The van der Waals surface area contributed by atoms with Crippen LogP contribution in [0.4, 0.5) is 4.39 Å². The van der Waals surface area contributed by atoms with E-state index in [9.17, 15) is 18.8 Å². The maximum absolute atomic E-state index is 13.0. The van der Waals surface area contributed by atoms with Gasteiger partial charge in [0.05, 0.1) is 0 Å². The molecule has 1 aliphatic carbocycles. The van der Waals surface area contributed by atoms with E-state index in [1.54, 1.807) is 6.07 Å². The topological polar surface area (TPSA) is 79.0 Å². The van der Waals surface area contributed by atoms with E-state index in [4.69, 9.17) is 0 Å². The fraction of sp³-hybridized carbons (Fsp3) is 0.462. The molecule has 0 radical (unpaired) electrons. The highest BCUT2D eigenvalue weighted by molar-refractivity contribution is 6.05. The SMILES string of the molecule is CC[C@H](F)C(=O)NC(=O)c1ccc(C2CC2)[nH]c1=O. The zero-order valence-corrected chi connectivity index (χ0v) is 10.5. The van der Waals surface area contributed by atoms with E-state index in [1.807, 2.05) is 5.32 Å². The van der Waals surface area contributed by atoms with E-state index in [-0.39, 0.29) is 12.0 Å². The average molecular weight is 266 g/mol. The molecule has 102 valence electrons. The van der Waals surface area contributed by atoms with Crippen LogP contribution in [0, 0.1) is 0 Å². The van der Waals surface area contributed by atoms with Gasteiger partial charge in [-0.1, -0.05) is 6.92 Å². The number of carbonyl (C=O) groups excluding carboxylic acids is 2. The number of H-pyrrole nitrogens is 1. The number of rotatable bonds is 4. The Morgan fingerprint density at radius 2 is 2.16 bits per heavy atom. The van der Waals surface area contributed by atoms with Gasteiger partial charge in [0.1, 0.15) is 5.56 Å². The number of carbonyl (C=O) groups is 2. The minimum Gasteiger partial charge on any atom is -0.325 e. The molecule has 1 aromatic rings. The number of imide groups is 1. The van der Waals surface area contributed by atoms with E-state index < -0.39 is 23.5 Å². The number of hydrogen-bond acceptors (Lipinski definition) is 3. The summed E-state index contributed by atoms with van der Waals surface area (Å²) in [6.45, 7) is 1.49. The molecule has 0 aliphatic heterocycles. The van der Waals surface area contributed by atoms with Gasteiger partial charge in [-0.3, -0.25) is 19.7 Å². The summed E-state index contributed by atoms with van der Waals surface area (Å²) >= 11 is 0. The molecule has 1 saturated carbocycles. The van der Waals surface area contributed by atoms with Gasteiger partial charge in [-0.2, -0.15) is 0 Å². The first-order chi connectivity index (χ1) is 9.02. The summed E-state index contributed by atoms with van der Waals surface area (Å²) in [5.74, 6) is -1.52. The number of halogens is 1. The molecule has 1 aliphatic rings. The third-order valence-electron chi connectivity index (χ3n) is 3.07. The highest BCUT2D eigenvalue weighted by atomic mass is 19.1. The van der Waals surface area contributed by atoms with Crippen LogP contribution in [-0.2, 0) is 4.79 Å². The monoisotopic (exact) mass is 266 g/mol. The van der Waals surface area contributed by atoms with Gasteiger partial charge < -0.3 is 4.98 Å². The van der Waals surface area contributed by atoms with Gasteiger partial charge in [0.2, 0.25) is 0 Å². The molecule has 6 heteroatoms. The van der Waals surface area contributed by atoms with Crippen molar-refractivity contribution in [3.8, 4) is 0 Å². The van der Waals surface area contributed by atoms with E-state index in [1.165, 1.54) is 13.0 Å². The Morgan fingerprint density at radius 3 is 2.68 bits per heavy atom. The van der Waals surface area contributed by atoms with Crippen molar-refractivity contribution in [2.45, 2.75) is 38.3 Å². The average Bonchev–Trinajstić information content (AvgIpc) is 3.21. The van der Waals surface area contributed by atoms with Crippen molar-refractivity contribution in [2.75, 3.05) is 0 Å². The summed E-state index contributed by atoms with van der Waals surface area (Å²) in [5, 5.41) is 1.88. The molecule has 2 rings (SSSR count). The lowest BCUT2D eigenvalue weighted by molar-refractivity contribution is -0.125. The Bertz CT molecular complexity index is 563. The molecule has 0 aromatic carbocycles. The number of nitrogens with one attached hydrogen (secondary N) is 2. The fourth-order valence-corrected chi connectivity index (χ4v) is 1.74. The summed E-state index contributed by atoms with van der Waals surface area (Å²) < 4.78 is 13.0. The number of aromatic amines is 1. The number of amides is 2. The van der Waals surface area contributed by atoms with Gasteiger partial charge in [-0.05, 0) is 37.3 Å². The molecule has 0 saturated heterocycles. The summed E-state index contributed by atoms with van der Waals surface area (Å²) in [6, 6.07) is 3.03. The molecule has 5 nitrogen and oxygen atoms in total. The Kier molecular flexibility index (Phi) is 3.78. The molecular weight excluding hydrogens is 251 g/mol.